The van der Waals surface area contributed by atoms with Gasteiger partial charge in [-0.1, -0.05) is 0 Å². The van der Waals surface area contributed by atoms with Gasteiger partial charge in [0.15, 0.2) is 0 Å². The van der Waals surface area contributed by atoms with Gasteiger partial charge in [0.1, 0.15) is 0 Å². The fourth-order valence-electron chi connectivity index (χ4n) is 0.139. The Morgan fingerprint density at radius 2 is 2.25 bits per heavy atom. The Balaban J connectivity index is 3.84. The van der Waals surface area contributed by atoms with E-state index >= 15 is 0 Å². The van der Waals surface area contributed by atoms with Crippen molar-refractivity contribution in [2.24, 2.45) is 4.99 Å². The summed E-state index contributed by atoms with van der Waals surface area (Å²) in [6.45, 7) is 0. The van der Waals surface area contributed by atoms with Crippen LogP contribution in [0.25, 0.3) is 0 Å². The van der Waals surface area contributed by atoms with Crippen molar-refractivity contribution in [2.45, 2.75) is 0 Å². The summed E-state index contributed by atoms with van der Waals surface area (Å²) >= 11 is 4.57. The van der Waals surface area contributed by atoms with Gasteiger partial charge in [-0.3, -0.25) is 0 Å². The van der Waals surface area contributed by atoms with Gasteiger partial charge in [0.05, 0.1) is 0 Å². The van der Waals surface area contributed by atoms with E-state index in [2.05, 4.69) is 17.2 Å². The van der Waals surface area contributed by atoms with Crippen molar-refractivity contribution in [3.8, 4) is 0 Å². The summed E-state index contributed by atoms with van der Waals surface area (Å²) in [4.78, 5) is 14.2. The molecule has 0 saturated heterocycles. The highest BCUT2D eigenvalue weighted by Crippen LogP contribution is 1.80. The molecule has 0 aliphatic heterocycles. The lowest BCUT2D eigenvalue weighted by atomic mass is 10.9. The molecule has 0 aliphatic rings. The summed E-state index contributed by atoms with van der Waals surface area (Å²) < 4.78 is 0. The number of rotatable bonds is 0. The summed E-state index contributed by atoms with van der Waals surface area (Å²) in [5, 5.41) is 0.250. The summed E-state index contributed by atoms with van der Waals surface area (Å²) in [6.07, 6.45) is 1.34. The zero-order valence-corrected chi connectivity index (χ0v) is 5.53. The molecule has 0 radical (unpaired) electrons. The molecular formula is C4H6N2OS. The van der Waals surface area contributed by atoms with Crippen molar-refractivity contribution in [1.29, 1.82) is 0 Å². The Kier molecular flexibility index (Phi) is 2.99. The second kappa shape index (κ2) is 3.29. The first-order valence-electron chi connectivity index (χ1n) is 1.97. The average molecular weight is 130 g/mol. The third-order valence-corrected chi connectivity index (χ3v) is 0.980. The van der Waals surface area contributed by atoms with Crippen LogP contribution in [0.1, 0.15) is 0 Å². The lowest BCUT2D eigenvalue weighted by Gasteiger charge is -2.04. The van der Waals surface area contributed by atoms with Crippen LogP contribution in [0.4, 0.5) is 0 Å². The fourth-order valence-corrected chi connectivity index (χ4v) is 0.176. The molecule has 0 bridgehead atoms. The minimum atomic E-state index is 0.250. The fraction of sp³-hybridized carbons (Fsp3) is 0.500. The molecule has 0 amide bonds. The Morgan fingerprint density at radius 1 is 1.75 bits per heavy atom. The van der Waals surface area contributed by atoms with Crippen molar-refractivity contribution in [3.05, 3.63) is 0 Å². The van der Waals surface area contributed by atoms with E-state index in [-0.39, 0.29) is 5.11 Å². The molecule has 0 heterocycles. The Hall–Kier alpha value is -0.730. The van der Waals surface area contributed by atoms with Crippen LogP contribution in [0.2, 0.25) is 0 Å². The molecule has 4 heteroatoms. The third kappa shape index (κ3) is 2.44. The van der Waals surface area contributed by atoms with Gasteiger partial charge in [-0.25, -0.2) is 4.79 Å². The summed E-state index contributed by atoms with van der Waals surface area (Å²) in [6, 6.07) is 0. The lowest BCUT2D eigenvalue weighted by Crippen LogP contribution is -2.16. The quantitative estimate of drug-likeness (QED) is 0.266. The van der Waals surface area contributed by atoms with Crippen molar-refractivity contribution in [1.82, 2.24) is 4.90 Å². The van der Waals surface area contributed by atoms with E-state index in [0.29, 0.717) is 0 Å². The molecule has 0 atom stereocenters. The predicted octanol–water partition coefficient (Wildman–Crippen LogP) is 0.169. The van der Waals surface area contributed by atoms with Crippen molar-refractivity contribution in [2.75, 3.05) is 14.1 Å². The number of thiocarbonyl (C=S) groups is 1. The van der Waals surface area contributed by atoms with Crippen molar-refractivity contribution in [3.63, 3.8) is 0 Å². The van der Waals surface area contributed by atoms with Crippen LogP contribution in [0.15, 0.2) is 4.99 Å². The molecule has 0 fully saturated rings. The second-order valence-corrected chi connectivity index (χ2v) is 1.75. The molecule has 0 rings (SSSR count). The molecule has 0 aromatic rings. The highest BCUT2D eigenvalue weighted by atomic mass is 32.1. The molecule has 0 aromatic carbocycles. The van der Waals surface area contributed by atoms with Gasteiger partial charge in [-0.05, 0) is 12.2 Å². The highest BCUT2D eigenvalue weighted by molar-refractivity contribution is 7.80. The van der Waals surface area contributed by atoms with E-state index in [0.717, 1.165) is 0 Å². The average Bonchev–Trinajstić information content (AvgIpc) is 1.67. The molecule has 0 spiro atoms. The number of isocyanates is 1. The SMILES string of the molecule is CN(C)C(=S)N=C=O. The molecule has 0 aromatic heterocycles. The lowest BCUT2D eigenvalue weighted by molar-refractivity contribution is 0.563. The van der Waals surface area contributed by atoms with Crippen LogP contribution < -0.4 is 0 Å². The smallest absolute Gasteiger partial charge is 0.242 e. The molecule has 3 nitrogen and oxygen atoms in total. The first-order chi connectivity index (χ1) is 3.68. The van der Waals surface area contributed by atoms with E-state index in [4.69, 9.17) is 0 Å². The normalized spacial score (nSPS) is 7.25. The third-order valence-electron chi connectivity index (χ3n) is 0.524. The van der Waals surface area contributed by atoms with Crippen LogP contribution in [-0.4, -0.2) is 30.2 Å². The Morgan fingerprint density at radius 3 is 2.38 bits per heavy atom. The van der Waals surface area contributed by atoms with Crippen LogP contribution in [-0.2, 0) is 4.79 Å². The van der Waals surface area contributed by atoms with Gasteiger partial charge >= 0.3 is 0 Å². The zero-order chi connectivity index (χ0) is 6.57. The number of hydrogen-bond donors (Lipinski definition) is 0. The van der Waals surface area contributed by atoms with Gasteiger partial charge < -0.3 is 4.90 Å². The van der Waals surface area contributed by atoms with Crippen LogP contribution in [0.3, 0.4) is 0 Å². The van der Waals surface area contributed by atoms with Gasteiger partial charge in [0.2, 0.25) is 11.2 Å². The highest BCUT2D eigenvalue weighted by Gasteiger charge is 1.90. The van der Waals surface area contributed by atoms with Gasteiger partial charge in [0, 0.05) is 14.1 Å². The maximum atomic E-state index is 9.51. The predicted molar refractivity (Wildman–Crippen MR) is 34.4 cm³/mol. The number of aliphatic imine (C=N–C) groups is 1. The summed E-state index contributed by atoms with van der Waals surface area (Å²) in [5.41, 5.74) is 0. The summed E-state index contributed by atoms with van der Waals surface area (Å²) in [7, 11) is 3.42. The minimum absolute atomic E-state index is 0.250. The largest absolute Gasteiger partial charge is 0.353 e. The maximum absolute atomic E-state index is 9.51. The molecule has 0 N–H and O–H groups in total. The van der Waals surface area contributed by atoms with E-state index in [1.807, 2.05) is 0 Å². The van der Waals surface area contributed by atoms with Crippen LogP contribution >= 0.6 is 12.2 Å². The monoisotopic (exact) mass is 130 g/mol. The minimum Gasteiger partial charge on any atom is -0.353 e. The second-order valence-electron chi connectivity index (χ2n) is 1.38. The number of carbonyl (C=O) groups excluding carboxylic acids is 1. The van der Waals surface area contributed by atoms with E-state index in [1.54, 1.807) is 19.0 Å². The first-order valence-corrected chi connectivity index (χ1v) is 2.38. The summed E-state index contributed by atoms with van der Waals surface area (Å²) in [5.74, 6) is 0. The van der Waals surface area contributed by atoms with Gasteiger partial charge in [-0.15, -0.1) is 4.99 Å². The number of nitrogens with zero attached hydrogens (tertiary/aromatic N) is 2. The maximum Gasteiger partial charge on any atom is 0.242 e. The van der Waals surface area contributed by atoms with Crippen molar-refractivity contribution < 1.29 is 4.79 Å². The molecular weight excluding hydrogens is 124 g/mol. The molecule has 8 heavy (non-hydrogen) atoms. The van der Waals surface area contributed by atoms with E-state index in [1.165, 1.54) is 6.08 Å². The van der Waals surface area contributed by atoms with E-state index < -0.39 is 0 Å². The first kappa shape index (κ1) is 7.27. The van der Waals surface area contributed by atoms with E-state index in [9.17, 15) is 4.79 Å². The topological polar surface area (TPSA) is 32.7 Å². The molecule has 0 aliphatic carbocycles. The Bertz CT molecular complexity index is 137. The van der Waals surface area contributed by atoms with Crippen molar-refractivity contribution >= 4 is 23.4 Å². The zero-order valence-electron chi connectivity index (χ0n) is 4.71. The molecule has 0 unspecified atom stereocenters. The van der Waals surface area contributed by atoms with Gasteiger partial charge in [0.25, 0.3) is 0 Å². The Labute approximate surface area is 53.0 Å². The molecule has 0 saturated carbocycles. The standard InChI is InChI=1S/C4H6N2OS/c1-6(2)4(8)5-3-7/h1-2H3. The van der Waals surface area contributed by atoms with Crippen LogP contribution in [0.5, 0.6) is 0 Å². The van der Waals surface area contributed by atoms with Gasteiger partial charge in [-0.2, -0.15) is 0 Å². The van der Waals surface area contributed by atoms with Crippen LogP contribution in [0, 0.1) is 0 Å². The number of hydrogen-bond acceptors (Lipinski definition) is 2. The molecule has 44 valence electrons.